The van der Waals surface area contributed by atoms with Crippen molar-refractivity contribution in [2.45, 2.75) is 24.5 Å². The van der Waals surface area contributed by atoms with Crippen molar-refractivity contribution in [3.8, 4) is 5.75 Å². The predicted octanol–water partition coefficient (Wildman–Crippen LogP) is -2.04. The minimum Gasteiger partial charge on any atom is -0.494 e. The molecule has 28 heavy (non-hydrogen) atoms. The monoisotopic (exact) mass is 499 g/mol. The molecule has 0 aliphatic rings. The molecule has 0 aliphatic carbocycles. The molecule has 0 heterocycles. The van der Waals surface area contributed by atoms with Crippen molar-refractivity contribution in [3.63, 3.8) is 0 Å². The van der Waals surface area contributed by atoms with Crippen molar-refractivity contribution in [1.82, 2.24) is 0 Å². The molecule has 0 aliphatic heterocycles. The van der Waals surface area contributed by atoms with Gasteiger partial charge in [0.1, 0.15) is 24.5 Å². The standard InChI is InChI=1S/C11H17NO11S5/c1-23-6-7(24(2,13)14)9(26(4,17)18)11(28(12,21)22)10(27(5,19)20)8(6)25(3,15)16/h1-5H3,(H2,12,21,22). The van der Waals surface area contributed by atoms with E-state index in [1.807, 2.05) is 0 Å². The van der Waals surface area contributed by atoms with Gasteiger partial charge in [-0.1, -0.05) is 0 Å². The van der Waals surface area contributed by atoms with Gasteiger partial charge >= 0.3 is 0 Å². The van der Waals surface area contributed by atoms with Crippen molar-refractivity contribution in [2.75, 3.05) is 32.1 Å². The molecule has 0 saturated heterocycles. The summed E-state index contributed by atoms with van der Waals surface area (Å²) in [6.45, 7) is 0. The first-order chi connectivity index (χ1) is 12.1. The average molecular weight is 500 g/mol. The number of benzene rings is 1. The van der Waals surface area contributed by atoms with Gasteiger partial charge in [-0.2, -0.15) is 0 Å². The van der Waals surface area contributed by atoms with Crippen LogP contribution in [0.5, 0.6) is 5.75 Å². The Morgan fingerprint density at radius 3 is 0.929 bits per heavy atom. The number of methoxy groups -OCH3 is 1. The van der Waals surface area contributed by atoms with Gasteiger partial charge in [0.15, 0.2) is 45.1 Å². The Labute approximate surface area is 163 Å². The molecule has 1 rings (SSSR count). The van der Waals surface area contributed by atoms with Crippen LogP contribution in [0.2, 0.25) is 0 Å². The summed E-state index contributed by atoms with van der Waals surface area (Å²) >= 11 is 0. The molecule has 0 spiro atoms. The summed E-state index contributed by atoms with van der Waals surface area (Å²) in [5.74, 6) is -1.15. The Bertz CT molecular complexity index is 1290. The number of sulfone groups is 4. The number of primary sulfonamides is 1. The van der Waals surface area contributed by atoms with Crippen molar-refractivity contribution in [1.29, 1.82) is 0 Å². The third-order valence-electron chi connectivity index (χ3n) is 3.21. The summed E-state index contributed by atoms with van der Waals surface area (Å²) in [6, 6.07) is 0. The van der Waals surface area contributed by atoms with E-state index in [2.05, 4.69) is 0 Å². The molecule has 0 unspecified atom stereocenters. The molecule has 2 N–H and O–H groups in total. The number of nitrogens with two attached hydrogens (primary N) is 1. The second kappa shape index (κ2) is 6.91. The Morgan fingerprint density at radius 2 is 0.786 bits per heavy atom. The molecule has 12 nitrogen and oxygen atoms in total. The average Bonchev–Trinajstić information content (AvgIpc) is 2.38. The molecule has 0 saturated carbocycles. The molecule has 0 radical (unpaired) electrons. The van der Waals surface area contributed by atoms with E-state index in [4.69, 9.17) is 9.88 Å². The first-order valence-corrected chi connectivity index (χ1v) is 15.8. The van der Waals surface area contributed by atoms with Gasteiger partial charge < -0.3 is 4.74 Å². The highest BCUT2D eigenvalue weighted by Gasteiger charge is 2.43. The first-order valence-electron chi connectivity index (χ1n) is 6.67. The largest absolute Gasteiger partial charge is 0.494 e. The summed E-state index contributed by atoms with van der Waals surface area (Å²) in [6.07, 6.45) is 1.71. The number of ether oxygens (including phenoxy) is 1. The van der Waals surface area contributed by atoms with Crippen LogP contribution in [0.1, 0.15) is 0 Å². The van der Waals surface area contributed by atoms with Gasteiger partial charge in [-0.15, -0.1) is 0 Å². The second-order valence-electron chi connectivity index (χ2n) is 5.81. The molecule has 0 amide bonds. The normalized spacial score (nSPS) is 14.1. The number of rotatable bonds is 6. The number of hydrogen-bond donors (Lipinski definition) is 1. The minimum absolute atomic E-state index is 0.400. The molecule has 0 bridgehead atoms. The maximum absolute atomic E-state index is 12.3. The second-order valence-corrected chi connectivity index (χ2v) is 15.1. The highest BCUT2D eigenvalue weighted by atomic mass is 32.2. The van der Waals surface area contributed by atoms with E-state index in [1.54, 1.807) is 0 Å². The summed E-state index contributed by atoms with van der Waals surface area (Å²) < 4.78 is 127. The molecular weight excluding hydrogens is 482 g/mol. The SMILES string of the molecule is COc1c(S(C)(=O)=O)c(S(C)(=O)=O)c(S(N)(=O)=O)c(S(C)(=O)=O)c1S(C)(=O)=O. The van der Waals surface area contributed by atoms with Crippen molar-refractivity contribution in [2.24, 2.45) is 5.14 Å². The lowest BCUT2D eigenvalue weighted by atomic mass is 10.3. The van der Waals surface area contributed by atoms with Gasteiger partial charge in [-0.3, -0.25) is 0 Å². The van der Waals surface area contributed by atoms with Gasteiger partial charge in [0.2, 0.25) is 10.0 Å². The van der Waals surface area contributed by atoms with Crippen LogP contribution < -0.4 is 9.88 Å². The maximum atomic E-state index is 12.3. The zero-order valence-corrected chi connectivity index (χ0v) is 19.2. The summed E-state index contributed by atoms with van der Waals surface area (Å²) in [5.41, 5.74) is 0. The molecule has 0 aromatic heterocycles. The third-order valence-corrected chi connectivity index (χ3v) is 9.27. The fraction of sp³-hybridized carbons (Fsp3) is 0.455. The lowest BCUT2D eigenvalue weighted by molar-refractivity contribution is 0.380. The third kappa shape index (κ3) is 4.65. The number of hydrogen-bond acceptors (Lipinski definition) is 11. The van der Waals surface area contributed by atoms with Crippen LogP contribution in [-0.2, 0) is 49.4 Å². The Hall–Kier alpha value is -1.27. The van der Waals surface area contributed by atoms with Gasteiger partial charge in [0.05, 0.1) is 7.11 Å². The highest BCUT2D eigenvalue weighted by Crippen LogP contribution is 2.45. The van der Waals surface area contributed by atoms with E-state index in [0.29, 0.717) is 25.0 Å². The zero-order chi connectivity index (χ0) is 22.7. The van der Waals surface area contributed by atoms with Gasteiger partial charge in [0.25, 0.3) is 0 Å². The fourth-order valence-corrected chi connectivity index (χ4v) is 10.5. The van der Waals surface area contributed by atoms with Crippen LogP contribution in [0.25, 0.3) is 0 Å². The molecule has 0 fully saturated rings. The molecule has 162 valence electrons. The topological polar surface area (TPSA) is 206 Å². The van der Waals surface area contributed by atoms with Crippen LogP contribution in [0, 0.1) is 0 Å². The van der Waals surface area contributed by atoms with Crippen LogP contribution >= 0.6 is 0 Å². The summed E-state index contributed by atoms with van der Waals surface area (Å²) in [7, 11) is -23.4. The summed E-state index contributed by atoms with van der Waals surface area (Å²) in [5, 5.41) is 4.98. The zero-order valence-electron chi connectivity index (χ0n) is 15.1. The Kier molecular flexibility index (Phi) is 6.11. The number of sulfonamides is 1. The van der Waals surface area contributed by atoms with Crippen molar-refractivity contribution in [3.05, 3.63) is 0 Å². The van der Waals surface area contributed by atoms with Crippen LogP contribution in [-0.4, -0.2) is 74.2 Å². The van der Waals surface area contributed by atoms with E-state index in [0.717, 1.165) is 7.11 Å². The van der Waals surface area contributed by atoms with E-state index in [1.165, 1.54) is 0 Å². The lowest BCUT2D eigenvalue weighted by Crippen LogP contribution is -2.26. The maximum Gasteiger partial charge on any atom is 0.240 e. The van der Waals surface area contributed by atoms with E-state index in [-0.39, 0.29) is 0 Å². The predicted molar refractivity (Wildman–Crippen MR) is 96.8 cm³/mol. The molecule has 1 aromatic carbocycles. The quantitative estimate of drug-likeness (QED) is 0.451. The van der Waals surface area contributed by atoms with Gasteiger partial charge in [0, 0.05) is 25.0 Å². The Balaban J connectivity index is 5.08. The lowest BCUT2D eigenvalue weighted by Gasteiger charge is -2.21. The van der Waals surface area contributed by atoms with Crippen LogP contribution in [0.3, 0.4) is 0 Å². The van der Waals surface area contributed by atoms with Crippen molar-refractivity contribution >= 4 is 49.4 Å². The van der Waals surface area contributed by atoms with Crippen LogP contribution in [0.15, 0.2) is 24.5 Å². The van der Waals surface area contributed by atoms with Gasteiger partial charge in [-0.25, -0.2) is 47.2 Å². The molecule has 0 atom stereocenters. The van der Waals surface area contributed by atoms with E-state index < -0.39 is 79.6 Å². The van der Waals surface area contributed by atoms with Crippen LogP contribution in [0.4, 0.5) is 0 Å². The van der Waals surface area contributed by atoms with E-state index >= 15 is 0 Å². The highest BCUT2D eigenvalue weighted by molar-refractivity contribution is 7.97. The molecule has 17 heteroatoms. The fourth-order valence-electron chi connectivity index (χ4n) is 2.41. The van der Waals surface area contributed by atoms with Gasteiger partial charge in [-0.05, 0) is 0 Å². The Morgan fingerprint density at radius 1 is 0.536 bits per heavy atom. The summed E-state index contributed by atoms with van der Waals surface area (Å²) in [4.78, 5) is -7.34. The first kappa shape index (κ1) is 24.8. The molecule has 1 aromatic rings. The smallest absolute Gasteiger partial charge is 0.240 e. The minimum atomic E-state index is -5.26. The van der Waals surface area contributed by atoms with Crippen molar-refractivity contribution < 1.29 is 46.8 Å². The van der Waals surface area contributed by atoms with E-state index in [9.17, 15) is 42.1 Å². The molecular formula is C11H17NO11S5.